The summed E-state index contributed by atoms with van der Waals surface area (Å²) in [5, 5.41) is 3.39. The molecule has 3 aliphatic heterocycles. The standard InChI is InChI=1S/C17H23N3O2/c1-16(2)8-12-7-13(9-18-14(12)19-16)15(21)20-10-17(11-20)3-5-22-6-4-17/h7,9H,3-6,8,10-11H2,1-2H3,(H,18,19). The molecule has 1 amide bonds. The van der Waals surface area contributed by atoms with Gasteiger partial charge in [0.15, 0.2) is 0 Å². The quantitative estimate of drug-likeness (QED) is 0.863. The van der Waals surface area contributed by atoms with E-state index in [9.17, 15) is 4.79 Å². The number of ether oxygens (including phenoxy) is 1. The molecule has 0 unspecified atom stereocenters. The van der Waals surface area contributed by atoms with Gasteiger partial charge in [0.2, 0.25) is 0 Å². The van der Waals surface area contributed by atoms with E-state index in [0.717, 1.165) is 62.5 Å². The highest BCUT2D eigenvalue weighted by Gasteiger charge is 2.46. The lowest BCUT2D eigenvalue weighted by molar-refractivity contribution is -0.0666. The van der Waals surface area contributed by atoms with Crippen LogP contribution in [0.2, 0.25) is 0 Å². The Morgan fingerprint density at radius 2 is 2.05 bits per heavy atom. The Morgan fingerprint density at radius 3 is 2.77 bits per heavy atom. The predicted molar refractivity (Wildman–Crippen MR) is 84.0 cm³/mol. The molecule has 0 radical (unpaired) electrons. The third-order valence-corrected chi connectivity index (χ3v) is 5.20. The molecule has 1 aromatic rings. The molecular formula is C17H23N3O2. The van der Waals surface area contributed by atoms with Crippen LogP contribution in [0.5, 0.6) is 0 Å². The molecule has 118 valence electrons. The van der Waals surface area contributed by atoms with Crippen LogP contribution in [0, 0.1) is 5.41 Å². The van der Waals surface area contributed by atoms with Crippen molar-refractivity contribution >= 4 is 11.7 Å². The highest BCUT2D eigenvalue weighted by atomic mass is 16.5. The van der Waals surface area contributed by atoms with Crippen molar-refractivity contribution in [3.05, 3.63) is 23.4 Å². The van der Waals surface area contributed by atoms with Gasteiger partial charge in [-0.1, -0.05) is 0 Å². The fraction of sp³-hybridized carbons (Fsp3) is 0.647. The summed E-state index contributed by atoms with van der Waals surface area (Å²) in [6, 6.07) is 2.02. The maximum Gasteiger partial charge on any atom is 0.255 e. The molecule has 1 spiro atoms. The molecule has 0 atom stereocenters. The number of aromatic nitrogens is 1. The van der Waals surface area contributed by atoms with Crippen molar-refractivity contribution in [2.75, 3.05) is 31.6 Å². The maximum atomic E-state index is 12.6. The molecule has 5 heteroatoms. The first-order valence-electron chi connectivity index (χ1n) is 8.11. The van der Waals surface area contributed by atoms with Gasteiger partial charge in [-0.3, -0.25) is 4.79 Å². The minimum atomic E-state index is 0.0277. The molecule has 5 nitrogen and oxygen atoms in total. The minimum Gasteiger partial charge on any atom is -0.381 e. The Kier molecular flexibility index (Phi) is 2.98. The van der Waals surface area contributed by atoms with Crippen LogP contribution in [0.1, 0.15) is 42.6 Å². The molecule has 0 saturated carbocycles. The average Bonchev–Trinajstić information content (AvgIpc) is 2.77. The zero-order valence-electron chi connectivity index (χ0n) is 13.3. The largest absolute Gasteiger partial charge is 0.381 e. The summed E-state index contributed by atoms with van der Waals surface area (Å²) in [7, 11) is 0. The van der Waals surface area contributed by atoms with Crippen LogP contribution in [0.15, 0.2) is 12.3 Å². The second-order valence-electron chi connectivity index (χ2n) is 7.69. The number of likely N-dealkylation sites (tertiary alicyclic amines) is 1. The Bertz CT molecular complexity index is 612. The third-order valence-electron chi connectivity index (χ3n) is 5.20. The molecular weight excluding hydrogens is 278 g/mol. The second kappa shape index (κ2) is 4.69. The molecule has 4 rings (SSSR count). The predicted octanol–water partition coefficient (Wildman–Crippen LogP) is 2.08. The Labute approximate surface area is 131 Å². The lowest BCUT2D eigenvalue weighted by Crippen LogP contribution is -2.60. The molecule has 22 heavy (non-hydrogen) atoms. The van der Waals surface area contributed by atoms with Crippen molar-refractivity contribution in [2.24, 2.45) is 5.41 Å². The van der Waals surface area contributed by atoms with E-state index in [4.69, 9.17) is 4.74 Å². The summed E-state index contributed by atoms with van der Waals surface area (Å²) in [5.74, 6) is 1.04. The number of hydrogen-bond acceptors (Lipinski definition) is 4. The van der Waals surface area contributed by atoms with Crippen molar-refractivity contribution in [1.82, 2.24) is 9.88 Å². The summed E-state index contributed by atoms with van der Waals surface area (Å²) in [4.78, 5) is 19.1. The monoisotopic (exact) mass is 301 g/mol. The number of carbonyl (C=O) groups is 1. The van der Waals surface area contributed by atoms with E-state index in [0.29, 0.717) is 5.41 Å². The SMILES string of the molecule is CC1(C)Cc2cc(C(=O)N3CC4(CCOCC4)C3)cnc2N1. The minimum absolute atomic E-state index is 0.0277. The van der Waals surface area contributed by atoms with Crippen LogP contribution in [-0.2, 0) is 11.2 Å². The molecule has 0 aliphatic carbocycles. The zero-order valence-corrected chi connectivity index (χ0v) is 13.3. The van der Waals surface area contributed by atoms with E-state index in [1.807, 2.05) is 11.0 Å². The first-order chi connectivity index (χ1) is 10.5. The molecule has 0 bridgehead atoms. The highest BCUT2D eigenvalue weighted by molar-refractivity contribution is 5.95. The molecule has 2 fully saturated rings. The van der Waals surface area contributed by atoms with E-state index in [1.165, 1.54) is 0 Å². The van der Waals surface area contributed by atoms with Gasteiger partial charge < -0.3 is 15.0 Å². The van der Waals surface area contributed by atoms with Crippen molar-refractivity contribution in [1.29, 1.82) is 0 Å². The van der Waals surface area contributed by atoms with Crippen molar-refractivity contribution < 1.29 is 9.53 Å². The van der Waals surface area contributed by atoms with Gasteiger partial charge in [-0.25, -0.2) is 4.98 Å². The van der Waals surface area contributed by atoms with Gasteiger partial charge in [-0.15, -0.1) is 0 Å². The van der Waals surface area contributed by atoms with Gasteiger partial charge in [-0.2, -0.15) is 0 Å². The Balaban J connectivity index is 1.46. The highest BCUT2D eigenvalue weighted by Crippen LogP contribution is 2.40. The van der Waals surface area contributed by atoms with Crippen LogP contribution in [0.3, 0.4) is 0 Å². The summed E-state index contributed by atoms with van der Waals surface area (Å²) < 4.78 is 5.43. The lowest BCUT2D eigenvalue weighted by atomic mass is 9.73. The summed E-state index contributed by atoms with van der Waals surface area (Å²) in [6.07, 6.45) is 4.79. The van der Waals surface area contributed by atoms with Crippen LogP contribution in [-0.4, -0.2) is 47.6 Å². The van der Waals surface area contributed by atoms with Crippen LogP contribution in [0.25, 0.3) is 0 Å². The number of carbonyl (C=O) groups excluding carboxylic acids is 1. The zero-order chi connectivity index (χ0) is 15.4. The summed E-state index contributed by atoms with van der Waals surface area (Å²) in [6.45, 7) is 7.72. The van der Waals surface area contributed by atoms with Gasteiger partial charge in [0.05, 0.1) is 5.56 Å². The van der Waals surface area contributed by atoms with E-state index in [1.54, 1.807) is 6.20 Å². The summed E-state index contributed by atoms with van der Waals surface area (Å²) in [5.41, 5.74) is 2.22. The fourth-order valence-corrected chi connectivity index (χ4v) is 3.93. The van der Waals surface area contributed by atoms with Crippen molar-refractivity contribution in [3.63, 3.8) is 0 Å². The van der Waals surface area contributed by atoms with Crippen LogP contribution < -0.4 is 5.32 Å². The number of nitrogens with zero attached hydrogens (tertiary/aromatic N) is 2. The Hall–Kier alpha value is -1.62. The first-order valence-corrected chi connectivity index (χ1v) is 8.11. The van der Waals surface area contributed by atoms with Crippen molar-refractivity contribution in [2.45, 2.75) is 38.6 Å². The molecule has 1 aromatic heterocycles. The first kappa shape index (κ1) is 14.0. The third kappa shape index (κ3) is 2.28. The van der Waals surface area contributed by atoms with E-state index < -0.39 is 0 Å². The average molecular weight is 301 g/mol. The normalized spacial score (nSPS) is 24.5. The maximum absolute atomic E-state index is 12.6. The van der Waals surface area contributed by atoms with Crippen LogP contribution >= 0.6 is 0 Å². The van der Waals surface area contributed by atoms with E-state index in [-0.39, 0.29) is 11.4 Å². The topological polar surface area (TPSA) is 54.5 Å². The summed E-state index contributed by atoms with van der Waals surface area (Å²) >= 11 is 0. The van der Waals surface area contributed by atoms with Gasteiger partial charge in [0.1, 0.15) is 5.82 Å². The number of nitrogens with one attached hydrogen (secondary N) is 1. The molecule has 2 saturated heterocycles. The molecule has 4 heterocycles. The second-order valence-corrected chi connectivity index (χ2v) is 7.69. The molecule has 0 aromatic carbocycles. The number of rotatable bonds is 1. The number of amides is 1. The van der Waals surface area contributed by atoms with Crippen LogP contribution in [0.4, 0.5) is 5.82 Å². The molecule has 1 N–H and O–H groups in total. The van der Waals surface area contributed by atoms with E-state index in [2.05, 4.69) is 24.1 Å². The lowest BCUT2D eigenvalue weighted by Gasteiger charge is -2.52. The number of pyridine rings is 1. The van der Waals surface area contributed by atoms with Gasteiger partial charge in [-0.05, 0) is 44.7 Å². The van der Waals surface area contributed by atoms with Gasteiger partial charge >= 0.3 is 0 Å². The number of hydrogen-bond donors (Lipinski definition) is 1. The molecule has 3 aliphatic rings. The Morgan fingerprint density at radius 1 is 1.32 bits per heavy atom. The number of anilines is 1. The van der Waals surface area contributed by atoms with Gasteiger partial charge in [0, 0.05) is 43.5 Å². The van der Waals surface area contributed by atoms with Crippen molar-refractivity contribution in [3.8, 4) is 0 Å². The number of fused-ring (bicyclic) bond motifs is 1. The fourth-order valence-electron chi connectivity index (χ4n) is 3.93. The smallest absolute Gasteiger partial charge is 0.255 e. The van der Waals surface area contributed by atoms with Gasteiger partial charge in [0.25, 0.3) is 5.91 Å². The van der Waals surface area contributed by atoms with E-state index >= 15 is 0 Å².